The van der Waals surface area contributed by atoms with Crippen molar-refractivity contribution in [3.8, 4) is 0 Å². The Hall–Kier alpha value is -1.79. The molecule has 0 spiro atoms. The number of rotatable bonds is 5. The van der Waals surface area contributed by atoms with Crippen LogP contribution in [0.5, 0.6) is 0 Å². The minimum Gasteiger partial charge on any atom is -0.431 e. The fourth-order valence-electron chi connectivity index (χ4n) is 1.69. The number of nitrogens with one attached hydrogen (secondary N) is 1. The van der Waals surface area contributed by atoms with Crippen molar-refractivity contribution in [3.05, 3.63) is 46.7 Å². The second-order valence-electron chi connectivity index (χ2n) is 4.09. The number of thioether (sulfide) groups is 1. The van der Waals surface area contributed by atoms with E-state index in [1.165, 1.54) is 11.8 Å². The van der Waals surface area contributed by atoms with Gasteiger partial charge in [-0.05, 0) is 23.6 Å². The number of nitrogens with zero attached hydrogens (tertiary/aromatic N) is 1. The van der Waals surface area contributed by atoms with Crippen LogP contribution in [0.1, 0.15) is 4.88 Å². The van der Waals surface area contributed by atoms with E-state index in [1.807, 2.05) is 41.8 Å². The van der Waals surface area contributed by atoms with Crippen LogP contribution in [0.3, 0.4) is 0 Å². The molecule has 6 heteroatoms. The molecule has 3 aromatic rings. The highest BCUT2D eigenvalue weighted by Gasteiger charge is 2.08. The molecule has 0 saturated carbocycles. The van der Waals surface area contributed by atoms with E-state index in [2.05, 4.69) is 10.3 Å². The van der Waals surface area contributed by atoms with Gasteiger partial charge in [-0.3, -0.25) is 4.79 Å². The second kappa shape index (κ2) is 6.11. The van der Waals surface area contributed by atoms with Gasteiger partial charge in [-0.25, -0.2) is 4.98 Å². The summed E-state index contributed by atoms with van der Waals surface area (Å²) in [6.07, 6.45) is 0. The Balaban J connectivity index is 1.52. The molecular weight excluding hydrogens is 292 g/mol. The molecule has 20 heavy (non-hydrogen) atoms. The number of carbonyl (C=O) groups is 1. The van der Waals surface area contributed by atoms with Gasteiger partial charge in [0.05, 0.1) is 12.3 Å². The minimum atomic E-state index is -0.0225. The maximum atomic E-state index is 11.7. The quantitative estimate of drug-likeness (QED) is 0.735. The van der Waals surface area contributed by atoms with Crippen LogP contribution >= 0.6 is 23.1 Å². The molecule has 0 fully saturated rings. The number of para-hydroxylation sites is 2. The van der Waals surface area contributed by atoms with Crippen LogP contribution in [0.4, 0.5) is 0 Å². The van der Waals surface area contributed by atoms with Crippen LogP contribution in [-0.2, 0) is 11.3 Å². The van der Waals surface area contributed by atoms with Crippen molar-refractivity contribution >= 4 is 40.1 Å². The van der Waals surface area contributed by atoms with Crippen molar-refractivity contribution in [1.82, 2.24) is 10.3 Å². The Bertz CT molecular complexity index is 674. The number of amides is 1. The van der Waals surface area contributed by atoms with Crippen LogP contribution < -0.4 is 5.32 Å². The first kappa shape index (κ1) is 13.2. The van der Waals surface area contributed by atoms with E-state index in [9.17, 15) is 4.79 Å². The zero-order valence-electron chi connectivity index (χ0n) is 10.5. The molecule has 0 radical (unpaired) electrons. The van der Waals surface area contributed by atoms with Crippen LogP contribution in [0, 0.1) is 0 Å². The monoisotopic (exact) mass is 304 g/mol. The number of fused-ring (bicyclic) bond motifs is 1. The summed E-state index contributed by atoms with van der Waals surface area (Å²) in [7, 11) is 0. The molecule has 0 aliphatic carbocycles. The largest absolute Gasteiger partial charge is 0.431 e. The van der Waals surface area contributed by atoms with Gasteiger partial charge in [0.25, 0.3) is 5.22 Å². The maximum absolute atomic E-state index is 11.7. The Labute approximate surface area is 124 Å². The summed E-state index contributed by atoms with van der Waals surface area (Å²) in [5, 5.41) is 5.39. The molecule has 0 unspecified atom stereocenters. The van der Waals surface area contributed by atoms with Gasteiger partial charge in [0, 0.05) is 4.88 Å². The molecule has 2 heterocycles. The fourth-order valence-corrected chi connectivity index (χ4v) is 3.00. The highest BCUT2D eigenvalue weighted by Crippen LogP contribution is 2.22. The van der Waals surface area contributed by atoms with Gasteiger partial charge in [0.1, 0.15) is 5.52 Å². The zero-order valence-corrected chi connectivity index (χ0v) is 12.2. The summed E-state index contributed by atoms with van der Waals surface area (Å²) in [5.41, 5.74) is 1.56. The normalized spacial score (nSPS) is 10.8. The molecule has 0 atom stereocenters. The van der Waals surface area contributed by atoms with Crippen LogP contribution in [0.15, 0.2) is 51.4 Å². The van der Waals surface area contributed by atoms with Crippen LogP contribution in [-0.4, -0.2) is 16.6 Å². The predicted molar refractivity (Wildman–Crippen MR) is 80.9 cm³/mol. The molecule has 1 aromatic carbocycles. The van der Waals surface area contributed by atoms with E-state index < -0.39 is 0 Å². The fraction of sp³-hybridized carbons (Fsp3) is 0.143. The van der Waals surface area contributed by atoms with Gasteiger partial charge in [-0.15, -0.1) is 11.3 Å². The highest BCUT2D eigenvalue weighted by atomic mass is 32.2. The third-order valence-corrected chi connectivity index (χ3v) is 4.35. The highest BCUT2D eigenvalue weighted by molar-refractivity contribution is 7.99. The molecular formula is C14H12N2O2S2. The lowest BCUT2D eigenvalue weighted by Gasteiger charge is -2.01. The molecule has 102 valence electrons. The summed E-state index contributed by atoms with van der Waals surface area (Å²) in [6, 6.07) is 11.5. The number of hydrogen-bond acceptors (Lipinski definition) is 5. The van der Waals surface area contributed by atoms with E-state index >= 15 is 0 Å². The SMILES string of the molecule is O=C(CSc1nc2ccccc2o1)NCc1cccs1. The molecule has 0 aliphatic rings. The number of benzene rings is 1. The van der Waals surface area contributed by atoms with Gasteiger partial charge in [-0.2, -0.15) is 0 Å². The minimum absolute atomic E-state index is 0.0225. The van der Waals surface area contributed by atoms with Crippen LogP contribution in [0.2, 0.25) is 0 Å². The summed E-state index contributed by atoms with van der Waals surface area (Å²) in [4.78, 5) is 17.2. The van der Waals surface area contributed by atoms with Crippen molar-refractivity contribution in [1.29, 1.82) is 0 Å². The number of carbonyl (C=O) groups excluding carboxylic acids is 1. The summed E-state index contributed by atoms with van der Waals surface area (Å²) in [5.74, 6) is 0.281. The van der Waals surface area contributed by atoms with Crippen molar-refractivity contribution in [2.24, 2.45) is 0 Å². The zero-order chi connectivity index (χ0) is 13.8. The molecule has 0 bridgehead atoms. The maximum Gasteiger partial charge on any atom is 0.257 e. The van der Waals surface area contributed by atoms with Gasteiger partial charge in [0.15, 0.2) is 5.58 Å². The van der Waals surface area contributed by atoms with E-state index in [4.69, 9.17) is 4.42 Å². The molecule has 1 amide bonds. The van der Waals surface area contributed by atoms with Crippen molar-refractivity contribution < 1.29 is 9.21 Å². The summed E-state index contributed by atoms with van der Waals surface area (Å²) < 4.78 is 5.54. The Morgan fingerprint density at radius 3 is 3.00 bits per heavy atom. The number of oxazole rings is 1. The van der Waals surface area contributed by atoms with Gasteiger partial charge >= 0.3 is 0 Å². The van der Waals surface area contributed by atoms with E-state index in [0.29, 0.717) is 17.5 Å². The lowest BCUT2D eigenvalue weighted by atomic mass is 10.3. The smallest absolute Gasteiger partial charge is 0.257 e. The van der Waals surface area contributed by atoms with E-state index in [-0.39, 0.29) is 5.91 Å². The Morgan fingerprint density at radius 1 is 1.30 bits per heavy atom. The van der Waals surface area contributed by atoms with E-state index in [0.717, 1.165) is 16.0 Å². The molecule has 4 nitrogen and oxygen atoms in total. The number of thiophene rings is 1. The third-order valence-electron chi connectivity index (χ3n) is 2.64. The Kier molecular flexibility index (Phi) is 4.03. The van der Waals surface area contributed by atoms with Gasteiger partial charge < -0.3 is 9.73 Å². The average molecular weight is 304 g/mol. The first-order valence-corrected chi connectivity index (χ1v) is 7.95. The van der Waals surface area contributed by atoms with Gasteiger partial charge in [0.2, 0.25) is 5.91 Å². The third kappa shape index (κ3) is 3.20. The molecule has 1 N–H and O–H groups in total. The van der Waals surface area contributed by atoms with Crippen molar-refractivity contribution in [2.75, 3.05) is 5.75 Å². The van der Waals surface area contributed by atoms with Crippen molar-refractivity contribution in [3.63, 3.8) is 0 Å². The van der Waals surface area contributed by atoms with Crippen LogP contribution in [0.25, 0.3) is 11.1 Å². The lowest BCUT2D eigenvalue weighted by molar-refractivity contribution is -0.118. The summed E-state index contributed by atoms with van der Waals surface area (Å²) in [6.45, 7) is 0.574. The number of aromatic nitrogens is 1. The average Bonchev–Trinajstić information content (AvgIpc) is 3.11. The first-order chi connectivity index (χ1) is 9.81. The Morgan fingerprint density at radius 2 is 2.20 bits per heavy atom. The molecule has 0 saturated heterocycles. The standard InChI is InChI=1S/C14H12N2O2S2/c17-13(15-8-10-4-3-7-19-10)9-20-14-16-11-5-1-2-6-12(11)18-14/h1-7H,8-9H2,(H,15,17). The molecule has 0 aliphatic heterocycles. The van der Waals surface area contributed by atoms with Crippen molar-refractivity contribution in [2.45, 2.75) is 11.8 Å². The summed E-state index contributed by atoms with van der Waals surface area (Å²) >= 11 is 2.94. The molecule has 2 aromatic heterocycles. The predicted octanol–water partition coefficient (Wildman–Crippen LogP) is 3.30. The van der Waals surface area contributed by atoms with E-state index in [1.54, 1.807) is 11.3 Å². The topological polar surface area (TPSA) is 55.1 Å². The lowest BCUT2D eigenvalue weighted by Crippen LogP contribution is -2.24. The second-order valence-corrected chi connectivity index (χ2v) is 6.05. The molecule has 3 rings (SSSR count). The van der Waals surface area contributed by atoms with Gasteiger partial charge in [-0.1, -0.05) is 30.0 Å². The first-order valence-electron chi connectivity index (χ1n) is 6.09. The number of hydrogen-bond donors (Lipinski definition) is 1.